The van der Waals surface area contributed by atoms with E-state index in [0.29, 0.717) is 5.56 Å². The summed E-state index contributed by atoms with van der Waals surface area (Å²) in [6, 6.07) is 3.76. The fourth-order valence-electron chi connectivity index (χ4n) is 1.53. The number of hydrogen-bond donors (Lipinski definition) is 2. The predicted octanol–water partition coefficient (Wildman–Crippen LogP) is 1.39. The van der Waals surface area contributed by atoms with E-state index in [1.165, 1.54) is 32.6 Å². The van der Waals surface area contributed by atoms with Crippen molar-refractivity contribution in [3.63, 3.8) is 0 Å². The number of sulfonamides is 1. The SMILES string of the molecule is COCc1ccc(C(=O)O)cc1S(=O)(=O)NCP(C)(C)=O. The Morgan fingerprint density at radius 1 is 1.38 bits per heavy atom. The average molecular weight is 335 g/mol. The van der Waals surface area contributed by atoms with Crippen LogP contribution in [0.2, 0.25) is 0 Å². The minimum Gasteiger partial charge on any atom is -0.478 e. The minimum absolute atomic E-state index is 0.0199. The highest BCUT2D eigenvalue weighted by atomic mass is 32.2. The molecule has 0 bridgehead atoms. The fraction of sp³-hybridized carbons (Fsp3) is 0.417. The third kappa shape index (κ3) is 5.24. The van der Waals surface area contributed by atoms with Crippen molar-refractivity contribution in [3.8, 4) is 0 Å². The zero-order valence-electron chi connectivity index (χ0n) is 12.0. The number of nitrogens with one attached hydrogen (secondary N) is 1. The van der Waals surface area contributed by atoms with Gasteiger partial charge in [-0.3, -0.25) is 0 Å². The molecular weight excluding hydrogens is 317 g/mol. The Morgan fingerprint density at radius 3 is 2.48 bits per heavy atom. The minimum atomic E-state index is -3.97. The van der Waals surface area contributed by atoms with Gasteiger partial charge in [-0.25, -0.2) is 17.9 Å². The largest absolute Gasteiger partial charge is 0.478 e. The monoisotopic (exact) mass is 335 g/mol. The van der Waals surface area contributed by atoms with Gasteiger partial charge < -0.3 is 14.4 Å². The highest BCUT2D eigenvalue weighted by Crippen LogP contribution is 2.34. The van der Waals surface area contributed by atoms with Gasteiger partial charge in [-0.2, -0.15) is 0 Å². The summed E-state index contributed by atoms with van der Waals surface area (Å²) in [7, 11) is -5.15. The van der Waals surface area contributed by atoms with E-state index < -0.39 is 23.1 Å². The molecule has 2 N–H and O–H groups in total. The molecule has 0 aromatic heterocycles. The van der Waals surface area contributed by atoms with Crippen molar-refractivity contribution < 1.29 is 27.6 Å². The molecule has 0 fully saturated rings. The molecule has 0 saturated heterocycles. The third-order valence-corrected chi connectivity index (χ3v) is 5.16. The van der Waals surface area contributed by atoms with Crippen LogP contribution in [0.1, 0.15) is 15.9 Å². The van der Waals surface area contributed by atoms with E-state index in [1.54, 1.807) is 0 Å². The molecule has 1 aromatic rings. The maximum Gasteiger partial charge on any atom is 0.335 e. The zero-order chi connectivity index (χ0) is 16.3. The molecule has 1 aromatic carbocycles. The van der Waals surface area contributed by atoms with Crippen molar-refractivity contribution in [3.05, 3.63) is 29.3 Å². The highest BCUT2D eigenvalue weighted by Gasteiger charge is 2.22. The average Bonchev–Trinajstić information content (AvgIpc) is 2.36. The normalized spacial score (nSPS) is 12.3. The Labute approximate surface area is 123 Å². The van der Waals surface area contributed by atoms with Crippen molar-refractivity contribution in [1.82, 2.24) is 4.72 Å². The van der Waals surface area contributed by atoms with Crippen LogP contribution in [0, 0.1) is 0 Å². The second-order valence-electron chi connectivity index (χ2n) is 4.94. The van der Waals surface area contributed by atoms with E-state index in [9.17, 15) is 17.8 Å². The van der Waals surface area contributed by atoms with E-state index in [-0.39, 0.29) is 23.4 Å². The molecule has 0 amide bonds. The molecule has 0 aliphatic rings. The van der Waals surface area contributed by atoms with E-state index >= 15 is 0 Å². The van der Waals surface area contributed by atoms with Crippen LogP contribution in [-0.2, 0) is 25.9 Å². The van der Waals surface area contributed by atoms with E-state index in [0.717, 1.165) is 6.07 Å². The maximum atomic E-state index is 12.3. The van der Waals surface area contributed by atoms with Gasteiger partial charge >= 0.3 is 5.97 Å². The summed E-state index contributed by atoms with van der Waals surface area (Å²) in [4.78, 5) is 10.8. The van der Waals surface area contributed by atoms with Gasteiger partial charge in [0, 0.05) is 7.11 Å². The second kappa shape index (κ2) is 6.70. The van der Waals surface area contributed by atoms with Gasteiger partial charge in [0.2, 0.25) is 10.0 Å². The van der Waals surface area contributed by atoms with Crippen LogP contribution in [-0.4, -0.2) is 46.2 Å². The summed E-state index contributed by atoms with van der Waals surface area (Å²) in [5, 5.41) is 8.96. The lowest BCUT2D eigenvalue weighted by Gasteiger charge is -2.13. The first-order valence-corrected chi connectivity index (χ1v) is 10.2. The maximum absolute atomic E-state index is 12.3. The molecule has 0 unspecified atom stereocenters. The van der Waals surface area contributed by atoms with E-state index in [1.807, 2.05) is 0 Å². The lowest BCUT2D eigenvalue weighted by molar-refractivity contribution is 0.0696. The first kappa shape index (κ1) is 17.8. The lowest BCUT2D eigenvalue weighted by atomic mass is 10.1. The Bertz CT molecular complexity index is 679. The first-order valence-electron chi connectivity index (χ1n) is 5.95. The quantitative estimate of drug-likeness (QED) is 0.729. The summed E-state index contributed by atoms with van der Waals surface area (Å²) in [6.07, 6.45) is -0.195. The molecule has 7 nitrogen and oxygen atoms in total. The molecule has 0 spiro atoms. The molecular formula is C12H18NO6PS. The number of carbonyl (C=O) groups is 1. The summed E-state index contributed by atoms with van der Waals surface area (Å²) < 4.78 is 43.3. The Hall–Kier alpha value is -1.21. The molecule has 118 valence electrons. The van der Waals surface area contributed by atoms with Crippen molar-refractivity contribution >= 4 is 23.1 Å². The van der Waals surface area contributed by atoms with Gasteiger partial charge in [0.05, 0.1) is 30.5 Å². The van der Waals surface area contributed by atoms with Crippen LogP contribution in [0.3, 0.4) is 0 Å². The predicted molar refractivity (Wildman–Crippen MR) is 78.8 cm³/mol. The van der Waals surface area contributed by atoms with Crippen molar-refractivity contribution in [2.24, 2.45) is 0 Å². The highest BCUT2D eigenvalue weighted by molar-refractivity contribution is 7.90. The fourth-order valence-corrected chi connectivity index (χ4v) is 4.36. The van der Waals surface area contributed by atoms with Gasteiger partial charge in [-0.15, -0.1) is 0 Å². The molecule has 0 saturated carbocycles. The zero-order valence-corrected chi connectivity index (χ0v) is 13.7. The number of rotatable bonds is 7. The van der Waals surface area contributed by atoms with Gasteiger partial charge in [-0.05, 0) is 31.0 Å². The van der Waals surface area contributed by atoms with Gasteiger partial charge in [0.25, 0.3) is 0 Å². The number of aromatic carboxylic acids is 1. The van der Waals surface area contributed by atoms with Crippen LogP contribution >= 0.6 is 7.14 Å². The van der Waals surface area contributed by atoms with Crippen molar-refractivity contribution in [2.45, 2.75) is 11.5 Å². The topological polar surface area (TPSA) is 110 Å². The number of methoxy groups -OCH3 is 1. The third-order valence-electron chi connectivity index (χ3n) is 2.54. The van der Waals surface area contributed by atoms with Gasteiger partial charge in [0.1, 0.15) is 0 Å². The summed E-state index contributed by atoms with van der Waals surface area (Å²) in [5.74, 6) is -1.23. The van der Waals surface area contributed by atoms with Gasteiger partial charge in [0.15, 0.2) is 0 Å². The molecule has 0 atom stereocenters. The molecule has 21 heavy (non-hydrogen) atoms. The van der Waals surface area contributed by atoms with E-state index in [4.69, 9.17) is 9.84 Å². The van der Waals surface area contributed by atoms with Crippen molar-refractivity contribution in [1.29, 1.82) is 0 Å². The Balaban J connectivity index is 3.26. The van der Waals surface area contributed by atoms with Crippen LogP contribution < -0.4 is 4.72 Å². The Morgan fingerprint density at radius 2 is 2.00 bits per heavy atom. The van der Waals surface area contributed by atoms with E-state index in [2.05, 4.69) is 4.72 Å². The van der Waals surface area contributed by atoms with Crippen LogP contribution in [0.5, 0.6) is 0 Å². The van der Waals surface area contributed by atoms with Gasteiger partial charge in [-0.1, -0.05) is 6.07 Å². The Kier molecular flexibility index (Phi) is 5.69. The standard InChI is InChI=1S/C12H18NO6PS/c1-19-7-10-5-4-9(12(14)15)6-11(10)21(17,18)13-8-20(2,3)16/h4-6,13H,7-8H2,1-3H3,(H,14,15). The molecule has 0 aliphatic heterocycles. The summed E-state index contributed by atoms with van der Waals surface area (Å²) in [6.45, 7) is 2.94. The molecule has 0 radical (unpaired) electrons. The van der Waals surface area contributed by atoms with Crippen LogP contribution in [0.15, 0.2) is 23.1 Å². The number of hydrogen-bond acceptors (Lipinski definition) is 5. The van der Waals surface area contributed by atoms with Crippen molar-refractivity contribution in [2.75, 3.05) is 26.7 Å². The number of benzene rings is 1. The smallest absolute Gasteiger partial charge is 0.335 e. The lowest BCUT2D eigenvalue weighted by Crippen LogP contribution is -2.26. The molecule has 1 rings (SSSR count). The molecule has 9 heteroatoms. The number of carboxylic acids is 1. The van der Waals surface area contributed by atoms with Crippen LogP contribution in [0.25, 0.3) is 0 Å². The molecule has 0 heterocycles. The first-order chi connectivity index (χ1) is 9.57. The number of carboxylic acid groups (broad SMARTS) is 1. The summed E-state index contributed by atoms with van der Waals surface area (Å²) in [5.41, 5.74) is 0.184. The number of ether oxygens (including phenoxy) is 1. The second-order valence-corrected chi connectivity index (χ2v) is 10.1. The summed E-state index contributed by atoms with van der Waals surface area (Å²) >= 11 is 0. The van der Waals surface area contributed by atoms with Crippen LogP contribution in [0.4, 0.5) is 0 Å². The molecule has 0 aliphatic carbocycles.